The van der Waals surface area contributed by atoms with E-state index in [9.17, 15) is 8.42 Å². The molecule has 0 aromatic heterocycles. The Balaban J connectivity index is 4.78. The van der Waals surface area contributed by atoms with Crippen molar-refractivity contribution in [2.24, 2.45) is 0 Å². The Hall–Kier alpha value is -0.310. The van der Waals surface area contributed by atoms with Gasteiger partial charge in [0.15, 0.2) is 9.84 Å². The van der Waals surface area contributed by atoms with Crippen molar-refractivity contribution in [2.45, 2.75) is 32.4 Å². The number of hydrogen-bond acceptors (Lipinski definition) is 2. The topological polar surface area (TPSA) is 34.1 Å². The average Bonchev–Trinajstić information content (AvgIpc) is 1.61. The van der Waals surface area contributed by atoms with Crippen molar-refractivity contribution < 1.29 is 8.42 Å². The van der Waals surface area contributed by atoms with Crippen LogP contribution in [0.4, 0.5) is 0 Å². The molecule has 0 saturated heterocycles. The average molecular weight is 162 g/mol. The molecule has 0 aliphatic rings. The van der Waals surface area contributed by atoms with Crippen molar-refractivity contribution >= 4 is 9.84 Å². The highest BCUT2D eigenvalue weighted by atomic mass is 32.2. The standard InChI is InChI=1S/C7H14O2S/c1-5-6-10(8,9)7(2,3)4/h5-6H,1-4H3. The zero-order chi connectivity index (χ0) is 8.41. The SMILES string of the molecule is CC=CS(=O)(=O)C(C)(C)C. The van der Waals surface area contributed by atoms with Crippen LogP contribution < -0.4 is 0 Å². The normalized spacial score (nSPS) is 14.4. The Morgan fingerprint density at radius 3 is 1.70 bits per heavy atom. The quantitative estimate of drug-likeness (QED) is 0.588. The first kappa shape index (κ1) is 9.69. The van der Waals surface area contributed by atoms with Gasteiger partial charge in [0, 0.05) is 5.41 Å². The van der Waals surface area contributed by atoms with E-state index in [1.807, 2.05) is 0 Å². The summed E-state index contributed by atoms with van der Waals surface area (Å²) in [5, 5.41) is 1.24. The lowest BCUT2D eigenvalue weighted by Gasteiger charge is -2.15. The summed E-state index contributed by atoms with van der Waals surface area (Å²) in [5.74, 6) is 0. The smallest absolute Gasteiger partial charge is 0.176 e. The van der Waals surface area contributed by atoms with E-state index < -0.39 is 14.6 Å². The van der Waals surface area contributed by atoms with Crippen LogP contribution in [0.2, 0.25) is 0 Å². The van der Waals surface area contributed by atoms with E-state index in [1.54, 1.807) is 33.8 Å². The molecule has 0 amide bonds. The molecular formula is C7H14O2S. The number of rotatable bonds is 1. The summed E-state index contributed by atoms with van der Waals surface area (Å²) in [7, 11) is -3.03. The molecule has 0 aliphatic carbocycles. The fraction of sp³-hybridized carbons (Fsp3) is 0.714. The van der Waals surface area contributed by atoms with Crippen LogP contribution in [0.1, 0.15) is 27.7 Å². The van der Waals surface area contributed by atoms with Gasteiger partial charge >= 0.3 is 0 Å². The van der Waals surface area contributed by atoms with Crippen LogP contribution in [-0.2, 0) is 9.84 Å². The highest BCUT2D eigenvalue weighted by molar-refractivity contribution is 7.95. The molecule has 0 N–H and O–H groups in total. The summed E-state index contributed by atoms with van der Waals surface area (Å²) in [6.07, 6.45) is 1.54. The van der Waals surface area contributed by atoms with Crippen LogP contribution in [0, 0.1) is 0 Å². The van der Waals surface area contributed by atoms with Gasteiger partial charge in [0.2, 0.25) is 0 Å². The van der Waals surface area contributed by atoms with Gasteiger partial charge in [0.25, 0.3) is 0 Å². The first-order valence-corrected chi connectivity index (χ1v) is 4.73. The van der Waals surface area contributed by atoms with Crippen molar-refractivity contribution in [3.05, 3.63) is 11.5 Å². The molecule has 0 aromatic rings. The zero-order valence-corrected chi connectivity index (χ0v) is 7.70. The highest BCUT2D eigenvalue weighted by Crippen LogP contribution is 2.16. The fourth-order valence-corrected chi connectivity index (χ4v) is 1.15. The second-order valence-corrected chi connectivity index (χ2v) is 5.71. The maximum atomic E-state index is 11.2. The third kappa shape index (κ3) is 2.14. The van der Waals surface area contributed by atoms with Crippen LogP contribution in [0.25, 0.3) is 0 Å². The van der Waals surface area contributed by atoms with E-state index in [4.69, 9.17) is 0 Å². The van der Waals surface area contributed by atoms with Gasteiger partial charge in [0.1, 0.15) is 0 Å². The van der Waals surface area contributed by atoms with Gasteiger partial charge in [-0.25, -0.2) is 8.42 Å². The number of sulfone groups is 1. The van der Waals surface area contributed by atoms with E-state index in [1.165, 1.54) is 5.41 Å². The largest absolute Gasteiger partial charge is 0.224 e. The van der Waals surface area contributed by atoms with Crippen LogP contribution in [-0.4, -0.2) is 13.2 Å². The van der Waals surface area contributed by atoms with Crippen molar-refractivity contribution in [3.63, 3.8) is 0 Å². The summed E-state index contributed by atoms with van der Waals surface area (Å²) in [6.45, 7) is 6.75. The lowest BCUT2D eigenvalue weighted by molar-refractivity contribution is 0.570. The molecule has 0 radical (unpaired) electrons. The lowest BCUT2D eigenvalue weighted by Crippen LogP contribution is -2.25. The van der Waals surface area contributed by atoms with Crippen molar-refractivity contribution in [2.75, 3.05) is 0 Å². The van der Waals surface area contributed by atoms with E-state index in [0.29, 0.717) is 0 Å². The van der Waals surface area contributed by atoms with Gasteiger partial charge in [-0.05, 0) is 27.7 Å². The third-order valence-electron chi connectivity index (χ3n) is 1.17. The summed E-state index contributed by atoms with van der Waals surface area (Å²) in [6, 6.07) is 0. The first-order valence-electron chi connectivity index (χ1n) is 3.18. The molecule has 0 unspecified atom stereocenters. The second kappa shape index (κ2) is 2.74. The minimum atomic E-state index is -3.03. The molecule has 0 spiro atoms. The molecule has 0 atom stereocenters. The highest BCUT2D eigenvalue weighted by Gasteiger charge is 2.25. The Labute approximate surface area is 62.9 Å². The molecule has 0 bridgehead atoms. The Bertz CT molecular complexity index is 216. The van der Waals surface area contributed by atoms with Crippen molar-refractivity contribution in [3.8, 4) is 0 Å². The Kier molecular flexibility index (Phi) is 2.66. The maximum Gasteiger partial charge on any atom is 0.176 e. The monoisotopic (exact) mass is 162 g/mol. The summed E-state index contributed by atoms with van der Waals surface area (Å²) >= 11 is 0. The molecule has 60 valence electrons. The molecule has 0 rings (SSSR count). The predicted octanol–water partition coefficient (Wildman–Crippen LogP) is 1.73. The van der Waals surface area contributed by atoms with E-state index in [-0.39, 0.29) is 0 Å². The van der Waals surface area contributed by atoms with E-state index in [0.717, 1.165) is 0 Å². The van der Waals surface area contributed by atoms with Crippen molar-refractivity contribution in [1.29, 1.82) is 0 Å². The van der Waals surface area contributed by atoms with E-state index >= 15 is 0 Å². The molecule has 3 heteroatoms. The van der Waals surface area contributed by atoms with Gasteiger partial charge < -0.3 is 0 Å². The van der Waals surface area contributed by atoms with E-state index in [2.05, 4.69) is 0 Å². The predicted molar refractivity (Wildman–Crippen MR) is 43.5 cm³/mol. The molecule has 0 fully saturated rings. The first-order chi connectivity index (χ1) is 4.31. The third-order valence-corrected chi connectivity index (χ3v) is 3.51. The lowest BCUT2D eigenvalue weighted by atomic mass is 10.3. The Morgan fingerprint density at radius 1 is 1.20 bits per heavy atom. The summed E-state index contributed by atoms with van der Waals surface area (Å²) in [5.41, 5.74) is 0. The molecule has 2 nitrogen and oxygen atoms in total. The van der Waals surface area contributed by atoms with Gasteiger partial charge in [-0.1, -0.05) is 6.08 Å². The molecule has 0 saturated carbocycles. The maximum absolute atomic E-state index is 11.2. The van der Waals surface area contributed by atoms with Gasteiger partial charge in [-0.3, -0.25) is 0 Å². The second-order valence-electron chi connectivity index (χ2n) is 3.13. The van der Waals surface area contributed by atoms with Gasteiger partial charge in [0.05, 0.1) is 4.75 Å². The minimum Gasteiger partial charge on any atom is -0.224 e. The molecule has 0 aromatic carbocycles. The molecular weight excluding hydrogens is 148 g/mol. The molecule has 0 heterocycles. The van der Waals surface area contributed by atoms with Gasteiger partial charge in [-0.15, -0.1) is 0 Å². The number of hydrogen-bond donors (Lipinski definition) is 0. The fourth-order valence-electron chi connectivity index (χ4n) is 0.383. The molecule has 0 aliphatic heterocycles. The minimum absolute atomic E-state index is 0.667. The zero-order valence-electron chi connectivity index (χ0n) is 6.88. The Morgan fingerprint density at radius 2 is 1.60 bits per heavy atom. The van der Waals surface area contributed by atoms with Crippen LogP contribution >= 0.6 is 0 Å². The van der Waals surface area contributed by atoms with Crippen molar-refractivity contribution in [1.82, 2.24) is 0 Å². The number of allylic oxidation sites excluding steroid dienone is 1. The van der Waals surface area contributed by atoms with Crippen LogP contribution in [0.15, 0.2) is 11.5 Å². The van der Waals surface area contributed by atoms with Crippen LogP contribution in [0.5, 0.6) is 0 Å². The summed E-state index contributed by atoms with van der Waals surface area (Å²) in [4.78, 5) is 0. The van der Waals surface area contributed by atoms with Gasteiger partial charge in [-0.2, -0.15) is 0 Å². The summed E-state index contributed by atoms with van der Waals surface area (Å²) < 4.78 is 21.7. The molecule has 10 heavy (non-hydrogen) atoms. The van der Waals surface area contributed by atoms with Crippen LogP contribution in [0.3, 0.4) is 0 Å².